The fourth-order valence-corrected chi connectivity index (χ4v) is 3.16. The first-order valence-electron chi connectivity index (χ1n) is 7.14. The van der Waals surface area contributed by atoms with E-state index in [1.54, 1.807) is 19.2 Å². The maximum absolute atomic E-state index is 12.1. The van der Waals surface area contributed by atoms with Gasteiger partial charge in [0.2, 0.25) is 5.91 Å². The largest absolute Gasteiger partial charge is 0.493 e. The zero-order valence-electron chi connectivity index (χ0n) is 12.9. The van der Waals surface area contributed by atoms with E-state index in [0.29, 0.717) is 24.5 Å². The van der Waals surface area contributed by atoms with E-state index in [9.17, 15) is 4.79 Å². The van der Waals surface area contributed by atoms with E-state index in [1.165, 1.54) is 0 Å². The molecule has 0 aromatic heterocycles. The van der Waals surface area contributed by atoms with Gasteiger partial charge < -0.3 is 20.1 Å². The molecule has 0 radical (unpaired) electrons. The molecule has 7 heteroatoms. The summed E-state index contributed by atoms with van der Waals surface area (Å²) in [5, 5.41) is 6.27. The summed E-state index contributed by atoms with van der Waals surface area (Å²) in [7, 11) is 1.60. The third-order valence-corrected chi connectivity index (χ3v) is 4.31. The molecule has 1 heterocycles. The third kappa shape index (κ3) is 5.59. The van der Waals surface area contributed by atoms with Gasteiger partial charge in [-0.15, -0.1) is 12.4 Å². The molecule has 124 valence electrons. The number of amides is 1. The number of hydrogen-bond donors (Lipinski definition) is 2. The molecule has 22 heavy (non-hydrogen) atoms. The summed E-state index contributed by atoms with van der Waals surface area (Å²) in [5.41, 5.74) is 0.729. The number of carbonyl (C=O) groups is 1. The van der Waals surface area contributed by atoms with Crippen LogP contribution in [0.1, 0.15) is 13.3 Å². The number of nitrogens with one attached hydrogen (secondary N) is 2. The van der Waals surface area contributed by atoms with Gasteiger partial charge in [0.05, 0.1) is 13.7 Å². The molecule has 1 fully saturated rings. The number of rotatable bonds is 6. The number of hydrogen-bond acceptors (Lipinski definition) is 5. The van der Waals surface area contributed by atoms with Crippen LogP contribution < -0.4 is 20.1 Å². The molecule has 1 amide bonds. The van der Waals surface area contributed by atoms with Crippen molar-refractivity contribution in [3.63, 3.8) is 0 Å². The van der Waals surface area contributed by atoms with E-state index in [0.717, 1.165) is 23.7 Å². The average Bonchev–Trinajstić information content (AvgIpc) is 2.49. The zero-order chi connectivity index (χ0) is 15.1. The van der Waals surface area contributed by atoms with Crippen LogP contribution in [-0.4, -0.2) is 43.7 Å². The van der Waals surface area contributed by atoms with Gasteiger partial charge in [-0.25, -0.2) is 0 Å². The van der Waals surface area contributed by atoms with Crippen molar-refractivity contribution in [3.05, 3.63) is 18.2 Å². The second-order valence-electron chi connectivity index (χ2n) is 4.78. The SMILES string of the molecule is CCOc1cc(NC(=O)CC2CSCCN2)ccc1OC.Cl. The molecule has 1 saturated heterocycles. The Kier molecular flexibility index (Phi) is 8.45. The van der Waals surface area contributed by atoms with E-state index in [1.807, 2.05) is 24.8 Å². The highest BCUT2D eigenvalue weighted by molar-refractivity contribution is 7.99. The summed E-state index contributed by atoms with van der Waals surface area (Å²) in [5.74, 6) is 3.43. The first-order valence-corrected chi connectivity index (χ1v) is 8.30. The fourth-order valence-electron chi connectivity index (χ4n) is 2.21. The maximum Gasteiger partial charge on any atom is 0.225 e. The normalized spacial score (nSPS) is 17.3. The van der Waals surface area contributed by atoms with E-state index in [4.69, 9.17) is 9.47 Å². The minimum Gasteiger partial charge on any atom is -0.493 e. The zero-order valence-corrected chi connectivity index (χ0v) is 14.5. The molecule has 0 bridgehead atoms. The lowest BCUT2D eigenvalue weighted by Gasteiger charge is -2.22. The second kappa shape index (κ2) is 9.82. The fraction of sp³-hybridized carbons (Fsp3) is 0.533. The van der Waals surface area contributed by atoms with Crippen molar-refractivity contribution in [1.82, 2.24) is 5.32 Å². The average molecular weight is 347 g/mol. The standard InChI is InChI=1S/C15H22N2O3S.ClH/c1-3-20-14-8-11(4-5-13(14)19-2)17-15(18)9-12-10-21-7-6-16-12;/h4-5,8,12,16H,3,6-7,9-10H2,1-2H3,(H,17,18);1H. The van der Waals surface area contributed by atoms with Crippen LogP contribution >= 0.6 is 24.2 Å². The van der Waals surface area contributed by atoms with Crippen molar-refractivity contribution in [3.8, 4) is 11.5 Å². The van der Waals surface area contributed by atoms with Gasteiger partial charge >= 0.3 is 0 Å². The van der Waals surface area contributed by atoms with Crippen molar-refractivity contribution in [2.24, 2.45) is 0 Å². The highest BCUT2D eigenvalue weighted by Crippen LogP contribution is 2.30. The van der Waals surface area contributed by atoms with Crippen molar-refractivity contribution in [1.29, 1.82) is 0 Å². The van der Waals surface area contributed by atoms with Gasteiger partial charge in [0.15, 0.2) is 11.5 Å². The van der Waals surface area contributed by atoms with Crippen LogP contribution in [0.15, 0.2) is 18.2 Å². The summed E-state index contributed by atoms with van der Waals surface area (Å²) in [4.78, 5) is 12.1. The summed E-state index contributed by atoms with van der Waals surface area (Å²) in [6.45, 7) is 3.44. The van der Waals surface area contributed by atoms with E-state index >= 15 is 0 Å². The third-order valence-electron chi connectivity index (χ3n) is 3.18. The molecular formula is C15H23ClN2O3S. The number of halogens is 1. The smallest absolute Gasteiger partial charge is 0.225 e. The molecule has 1 aliphatic heterocycles. The van der Waals surface area contributed by atoms with Gasteiger partial charge in [-0.1, -0.05) is 0 Å². The van der Waals surface area contributed by atoms with Crippen molar-refractivity contribution in [2.75, 3.05) is 37.1 Å². The molecule has 1 aliphatic rings. The molecular weight excluding hydrogens is 324 g/mol. The van der Waals surface area contributed by atoms with Gasteiger partial charge in [-0.05, 0) is 19.1 Å². The Bertz CT molecular complexity index is 482. The first-order chi connectivity index (χ1) is 10.2. The Labute approximate surface area is 141 Å². The van der Waals surface area contributed by atoms with Crippen LogP contribution in [0.3, 0.4) is 0 Å². The van der Waals surface area contributed by atoms with E-state index in [-0.39, 0.29) is 24.4 Å². The number of carbonyl (C=O) groups excluding carboxylic acids is 1. The summed E-state index contributed by atoms with van der Waals surface area (Å²) < 4.78 is 10.7. The number of methoxy groups -OCH3 is 1. The molecule has 5 nitrogen and oxygen atoms in total. The molecule has 1 atom stereocenters. The molecule has 1 aromatic carbocycles. The predicted molar refractivity (Wildman–Crippen MR) is 93.8 cm³/mol. The van der Waals surface area contributed by atoms with E-state index in [2.05, 4.69) is 10.6 Å². The van der Waals surface area contributed by atoms with Crippen LogP contribution in [0.2, 0.25) is 0 Å². The van der Waals surface area contributed by atoms with Gasteiger partial charge in [0.1, 0.15) is 0 Å². The number of thioether (sulfide) groups is 1. The van der Waals surface area contributed by atoms with Crippen LogP contribution in [0, 0.1) is 0 Å². The summed E-state index contributed by atoms with van der Waals surface area (Å²) >= 11 is 1.89. The van der Waals surface area contributed by atoms with Crippen molar-refractivity contribution >= 4 is 35.8 Å². The van der Waals surface area contributed by atoms with Crippen LogP contribution in [0.4, 0.5) is 5.69 Å². The van der Waals surface area contributed by atoms with Crippen LogP contribution in [0.25, 0.3) is 0 Å². The number of benzene rings is 1. The Morgan fingerprint density at radius 2 is 2.27 bits per heavy atom. The molecule has 1 unspecified atom stereocenters. The van der Waals surface area contributed by atoms with Crippen LogP contribution in [-0.2, 0) is 4.79 Å². The summed E-state index contributed by atoms with van der Waals surface area (Å²) in [6.07, 6.45) is 0.489. The summed E-state index contributed by atoms with van der Waals surface area (Å²) in [6, 6.07) is 5.68. The first kappa shape index (κ1) is 18.9. The Balaban J connectivity index is 0.00000242. The Hall–Kier alpha value is -1.11. The number of anilines is 1. The topological polar surface area (TPSA) is 59.6 Å². The van der Waals surface area contributed by atoms with E-state index < -0.39 is 0 Å². The minimum atomic E-state index is 0. The molecule has 2 rings (SSSR count). The Morgan fingerprint density at radius 3 is 2.91 bits per heavy atom. The quantitative estimate of drug-likeness (QED) is 0.829. The van der Waals surface area contributed by atoms with Gasteiger partial charge in [-0.2, -0.15) is 11.8 Å². The lowest BCUT2D eigenvalue weighted by atomic mass is 10.2. The highest BCUT2D eigenvalue weighted by Gasteiger charge is 2.17. The molecule has 1 aromatic rings. The van der Waals surface area contributed by atoms with Gasteiger partial charge in [-0.3, -0.25) is 4.79 Å². The monoisotopic (exact) mass is 346 g/mol. The lowest BCUT2D eigenvalue weighted by molar-refractivity contribution is -0.116. The lowest BCUT2D eigenvalue weighted by Crippen LogP contribution is -2.39. The minimum absolute atomic E-state index is 0. The molecule has 0 spiro atoms. The molecule has 0 saturated carbocycles. The Morgan fingerprint density at radius 1 is 1.45 bits per heavy atom. The highest BCUT2D eigenvalue weighted by atomic mass is 35.5. The number of ether oxygens (including phenoxy) is 2. The van der Waals surface area contributed by atoms with Gasteiger partial charge in [0, 0.05) is 42.3 Å². The molecule has 0 aliphatic carbocycles. The predicted octanol–water partition coefficient (Wildman–Crippen LogP) is 2.55. The van der Waals surface area contributed by atoms with Gasteiger partial charge in [0.25, 0.3) is 0 Å². The maximum atomic E-state index is 12.1. The van der Waals surface area contributed by atoms with Crippen LogP contribution in [0.5, 0.6) is 11.5 Å². The van der Waals surface area contributed by atoms with Crippen molar-refractivity contribution < 1.29 is 14.3 Å². The molecule has 2 N–H and O–H groups in total. The van der Waals surface area contributed by atoms with Crippen molar-refractivity contribution in [2.45, 2.75) is 19.4 Å². The second-order valence-corrected chi connectivity index (χ2v) is 5.93.